The van der Waals surface area contributed by atoms with Crippen molar-refractivity contribution in [3.05, 3.63) is 21.9 Å². The standard InChI is InChI=1S/C15H18Cl2FN3O3/c1-5(2)19-15-20-11-8(4-7(16)9(17)10(11)18)21(15)14-13(23)12(22)6(3)24-14/h4-6,12-14,22-23H,1-3H3,(H,19,20)/t6-,12-,13-,14-/m1/s1. The van der Waals surface area contributed by atoms with Gasteiger partial charge in [-0.3, -0.25) is 4.57 Å². The van der Waals surface area contributed by atoms with Gasteiger partial charge in [-0.2, -0.15) is 0 Å². The molecule has 0 saturated carbocycles. The van der Waals surface area contributed by atoms with Crippen LogP contribution in [0.5, 0.6) is 0 Å². The summed E-state index contributed by atoms with van der Waals surface area (Å²) in [5.41, 5.74) is 0.327. The van der Waals surface area contributed by atoms with E-state index < -0.39 is 30.4 Å². The summed E-state index contributed by atoms with van der Waals surface area (Å²) in [6.07, 6.45) is -3.77. The van der Waals surface area contributed by atoms with Gasteiger partial charge in [-0.15, -0.1) is 0 Å². The number of rotatable bonds is 3. The number of aromatic nitrogens is 2. The fourth-order valence-electron chi connectivity index (χ4n) is 2.80. The number of nitrogens with one attached hydrogen (secondary N) is 1. The van der Waals surface area contributed by atoms with Crippen LogP contribution < -0.4 is 5.32 Å². The number of fused-ring (bicyclic) bond motifs is 1. The average Bonchev–Trinajstić information content (AvgIpc) is 2.97. The predicted molar refractivity (Wildman–Crippen MR) is 90.1 cm³/mol. The van der Waals surface area contributed by atoms with E-state index in [1.807, 2.05) is 13.8 Å². The molecule has 0 amide bonds. The van der Waals surface area contributed by atoms with Gasteiger partial charge < -0.3 is 20.3 Å². The fourth-order valence-corrected chi connectivity index (χ4v) is 3.13. The maximum absolute atomic E-state index is 14.5. The summed E-state index contributed by atoms with van der Waals surface area (Å²) >= 11 is 11.9. The fraction of sp³-hybridized carbons (Fsp3) is 0.533. The molecule has 3 N–H and O–H groups in total. The molecule has 24 heavy (non-hydrogen) atoms. The Hall–Kier alpha value is -1.12. The van der Waals surface area contributed by atoms with Gasteiger partial charge in [0.1, 0.15) is 17.7 Å². The van der Waals surface area contributed by atoms with E-state index in [1.165, 1.54) is 10.6 Å². The van der Waals surface area contributed by atoms with E-state index >= 15 is 0 Å². The number of nitrogens with zero attached hydrogens (tertiary/aromatic N) is 2. The number of benzene rings is 1. The first-order valence-corrected chi connectivity index (χ1v) is 8.31. The highest BCUT2D eigenvalue weighted by molar-refractivity contribution is 6.42. The molecule has 9 heteroatoms. The molecule has 0 unspecified atom stereocenters. The molecule has 2 aromatic rings. The Morgan fingerprint density at radius 2 is 2.00 bits per heavy atom. The van der Waals surface area contributed by atoms with E-state index in [1.54, 1.807) is 6.92 Å². The molecule has 6 nitrogen and oxygen atoms in total. The van der Waals surface area contributed by atoms with Crippen molar-refractivity contribution < 1.29 is 19.3 Å². The number of halogens is 3. The number of hydrogen-bond donors (Lipinski definition) is 3. The van der Waals surface area contributed by atoms with Crippen molar-refractivity contribution >= 4 is 40.2 Å². The number of hydrogen-bond acceptors (Lipinski definition) is 5. The number of imidazole rings is 1. The average molecular weight is 378 g/mol. The molecule has 1 saturated heterocycles. The van der Waals surface area contributed by atoms with E-state index in [0.29, 0.717) is 11.5 Å². The largest absolute Gasteiger partial charge is 0.388 e. The van der Waals surface area contributed by atoms with Gasteiger partial charge in [0.2, 0.25) is 5.95 Å². The van der Waals surface area contributed by atoms with Crippen LogP contribution in [0.25, 0.3) is 11.0 Å². The van der Waals surface area contributed by atoms with Gasteiger partial charge in [-0.25, -0.2) is 9.37 Å². The zero-order valence-electron chi connectivity index (χ0n) is 13.3. The van der Waals surface area contributed by atoms with E-state index in [4.69, 9.17) is 27.9 Å². The van der Waals surface area contributed by atoms with Gasteiger partial charge in [-0.1, -0.05) is 23.2 Å². The molecule has 0 bridgehead atoms. The van der Waals surface area contributed by atoms with Gasteiger partial charge in [0.25, 0.3) is 0 Å². The quantitative estimate of drug-likeness (QED) is 0.716. The summed E-state index contributed by atoms with van der Waals surface area (Å²) in [6, 6.07) is 1.46. The Balaban J connectivity index is 2.24. The summed E-state index contributed by atoms with van der Waals surface area (Å²) in [6.45, 7) is 5.43. The third kappa shape index (κ3) is 2.74. The lowest BCUT2D eigenvalue weighted by Gasteiger charge is -2.21. The Kier molecular flexibility index (Phi) is 4.65. The molecule has 1 aliphatic heterocycles. The smallest absolute Gasteiger partial charge is 0.206 e. The summed E-state index contributed by atoms with van der Waals surface area (Å²) in [4.78, 5) is 4.24. The zero-order valence-corrected chi connectivity index (χ0v) is 14.8. The second-order valence-electron chi connectivity index (χ2n) is 6.17. The minimum atomic E-state index is -1.19. The normalized spacial score (nSPS) is 27.4. The first-order chi connectivity index (χ1) is 11.2. The minimum Gasteiger partial charge on any atom is -0.388 e. The molecule has 3 rings (SSSR count). The number of anilines is 1. The molecule has 132 valence electrons. The van der Waals surface area contributed by atoms with Crippen LogP contribution in [0.1, 0.15) is 27.0 Å². The summed E-state index contributed by atoms with van der Waals surface area (Å²) in [5.74, 6) is -0.451. The Morgan fingerprint density at radius 3 is 2.54 bits per heavy atom. The molecule has 4 atom stereocenters. The summed E-state index contributed by atoms with van der Waals surface area (Å²) in [5, 5.41) is 23.2. The van der Waals surface area contributed by atoms with Crippen LogP contribution in [0.2, 0.25) is 10.0 Å². The number of aliphatic hydroxyl groups is 2. The molecule has 0 spiro atoms. The van der Waals surface area contributed by atoms with Crippen molar-refractivity contribution in [3.8, 4) is 0 Å². The highest BCUT2D eigenvalue weighted by Crippen LogP contribution is 2.38. The van der Waals surface area contributed by atoms with Crippen LogP contribution in [0.4, 0.5) is 10.3 Å². The Bertz CT molecular complexity index is 783. The van der Waals surface area contributed by atoms with Crippen LogP contribution >= 0.6 is 23.2 Å². The van der Waals surface area contributed by atoms with Crippen LogP contribution in [0.3, 0.4) is 0 Å². The van der Waals surface area contributed by atoms with E-state index in [2.05, 4.69) is 10.3 Å². The first kappa shape index (κ1) is 17.7. The van der Waals surface area contributed by atoms with Gasteiger partial charge in [0, 0.05) is 6.04 Å². The molecule has 0 radical (unpaired) electrons. The summed E-state index contributed by atoms with van der Waals surface area (Å²) in [7, 11) is 0. The SMILES string of the molecule is CC(C)Nc1nc2c(F)c(Cl)c(Cl)cc2n1[C@@H]1O[C@H](C)[C@@H](O)[C@H]1O. The Morgan fingerprint density at radius 1 is 1.33 bits per heavy atom. The van der Waals surface area contributed by atoms with Crippen molar-refractivity contribution in [1.82, 2.24) is 9.55 Å². The van der Waals surface area contributed by atoms with Crippen molar-refractivity contribution in [2.45, 2.75) is 51.4 Å². The van der Waals surface area contributed by atoms with Crippen molar-refractivity contribution in [2.75, 3.05) is 5.32 Å². The van der Waals surface area contributed by atoms with Crippen LogP contribution in [0.15, 0.2) is 6.07 Å². The zero-order chi connectivity index (χ0) is 17.8. The minimum absolute atomic E-state index is 0.00420. The lowest BCUT2D eigenvalue weighted by atomic mass is 10.1. The molecule has 1 aliphatic rings. The van der Waals surface area contributed by atoms with Crippen molar-refractivity contribution in [3.63, 3.8) is 0 Å². The summed E-state index contributed by atoms with van der Waals surface area (Å²) < 4.78 is 21.6. The van der Waals surface area contributed by atoms with E-state index in [9.17, 15) is 14.6 Å². The third-order valence-corrected chi connectivity index (χ3v) is 4.74. The number of ether oxygens (including phenoxy) is 1. The molecule has 1 aromatic heterocycles. The molecular formula is C15H18Cl2FN3O3. The lowest BCUT2D eigenvalue weighted by molar-refractivity contribution is -0.0284. The van der Waals surface area contributed by atoms with Gasteiger partial charge in [0.15, 0.2) is 12.0 Å². The van der Waals surface area contributed by atoms with E-state index in [0.717, 1.165) is 0 Å². The van der Waals surface area contributed by atoms with Gasteiger partial charge in [-0.05, 0) is 26.8 Å². The van der Waals surface area contributed by atoms with Crippen LogP contribution in [-0.2, 0) is 4.74 Å². The second kappa shape index (κ2) is 6.31. The van der Waals surface area contributed by atoms with Crippen molar-refractivity contribution in [1.29, 1.82) is 0 Å². The topological polar surface area (TPSA) is 79.5 Å². The highest BCUT2D eigenvalue weighted by atomic mass is 35.5. The molecule has 2 heterocycles. The monoisotopic (exact) mass is 377 g/mol. The maximum Gasteiger partial charge on any atom is 0.206 e. The highest BCUT2D eigenvalue weighted by Gasteiger charge is 2.43. The Labute approximate surface area is 148 Å². The predicted octanol–water partition coefficient (Wildman–Crippen LogP) is 2.94. The van der Waals surface area contributed by atoms with Crippen molar-refractivity contribution in [2.24, 2.45) is 0 Å². The van der Waals surface area contributed by atoms with Gasteiger partial charge >= 0.3 is 0 Å². The molecular weight excluding hydrogens is 360 g/mol. The number of aliphatic hydroxyl groups excluding tert-OH is 2. The van der Waals surface area contributed by atoms with E-state index in [-0.39, 0.29) is 21.6 Å². The first-order valence-electron chi connectivity index (χ1n) is 7.56. The lowest BCUT2D eigenvalue weighted by Crippen LogP contribution is -2.31. The second-order valence-corrected chi connectivity index (χ2v) is 6.96. The molecule has 1 aromatic carbocycles. The maximum atomic E-state index is 14.5. The molecule has 0 aliphatic carbocycles. The van der Waals surface area contributed by atoms with Crippen LogP contribution in [-0.4, -0.2) is 44.1 Å². The van der Waals surface area contributed by atoms with Crippen LogP contribution in [0, 0.1) is 5.82 Å². The van der Waals surface area contributed by atoms with Gasteiger partial charge in [0.05, 0.1) is 21.7 Å². The third-order valence-electron chi connectivity index (χ3n) is 3.97. The molecule has 1 fully saturated rings.